The Hall–Kier alpha value is -2.11. The van der Waals surface area contributed by atoms with Gasteiger partial charge >= 0.3 is 6.03 Å². The fourth-order valence-electron chi connectivity index (χ4n) is 4.94. The SMILES string of the molecule is O=C1CCCN1c1ccc(F)c(NC(=O)N2CCC[C@H]2C2CCCCC2)c1. The number of hydrogen-bond acceptors (Lipinski definition) is 2. The topological polar surface area (TPSA) is 52.7 Å². The molecule has 3 fully saturated rings. The van der Waals surface area contributed by atoms with Crippen LogP contribution in [0.3, 0.4) is 0 Å². The lowest BCUT2D eigenvalue weighted by Crippen LogP contribution is -2.43. The number of anilines is 2. The van der Waals surface area contributed by atoms with Crippen LogP contribution in [0.2, 0.25) is 0 Å². The number of urea groups is 1. The van der Waals surface area contributed by atoms with Crippen molar-refractivity contribution in [2.24, 2.45) is 5.92 Å². The zero-order valence-electron chi connectivity index (χ0n) is 15.8. The molecule has 0 bridgehead atoms. The molecule has 1 saturated carbocycles. The molecule has 3 amide bonds. The Labute approximate surface area is 159 Å². The summed E-state index contributed by atoms with van der Waals surface area (Å²) in [6.45, 7) is 1.38. The van der Waals surface area contributed by atoms with Gasteiger partial charge in [-0.2, -0.15) is 0 Å². The summed E-state index contributed by atoms with van der Waals surface area (Å²) in [5.74, 6) is 0.161. The Balaban J connectivity index is 1.47. The summed E-state index contributed by atoms with van der Waals surface area (Å²) in [5, 5.41) is 2.77. The summed E-state index contributed by atoms with van der Waals surface area (Å²) in [4.78, 5) is 28.4. The maximum atomic E-state index is 14.3. The molecule has 1 aliphatic carbocycles. The van der Waals surface area contributed by atoms with E-state index in [1.165, 1.54) is 38.2 Å². The zero-order valence-corrected chi connectivity index (χ0v) is 15.8. The summed E-state index contributed by atoms with van der Waals surface area (Å²) in [5.41, 5.74) is 0.811. The van der Waals surface area contributed by atoms with E-state index in [2.05, 4.69) is 5.32 Å². The van der Waals surface area contributed by atoms with E-state index in [1.807, 2.05) is 4.90 Å². The Morgan fingerprint density at radius 1 is 1.04 bits per heavy atom. The molecule has 4 rings (SSSR count). The molecule has 2 saturated heterocycles. The van der Waals surface area contributed by atoms with Crippen LogP contribution >= 0.6 is 0 Å². The van der Waals surface area contributed by atoms with Crippen LogP contribution < -0.4 is 10.2 Å². The zero-order chi connectivity index (χ0) is 18.8. The van der Waals surface area contributed by atoms with Crippen LogP contribution in [0.25, 0.3) is 0 Å². The van der Waals surface area contributed by atoms with Gasteiger partial charge in [0.1, 0.15) is 5.82 Å². The second kappa shape index (κ2) is 7.87. The number of nitrogens with zero attached hydrogens (tertiary/aromatic N) is 2. The van der Waals surface area contributed by atoms with Gasteiger partial charge in [-0.25, -0.2) is 9.18 Å². The Morgan fingerprint density at radius 3 is 2.59 bits per heavy atom. The molecule has 6 heteroatoms. The van der Waals surface area contributed by atoms with Gasteiger partial charge in [-0.15, -0.1) is 0 Å². The maximum Gasteiger partial charge on any atom is 0.322 e. The molecule has 0 aromatic heterocycles. The van der Waals surface area contributed by atoms with Gasteiger partial charge in [-0.05, 0) is 56.2 Å². The van der Waals surface area contributed by atoms with Crippen molar-refractivity contribution in [2.45, 2.75) is 63.8 Å². The number of nitrogens with one attached hydrogen (secondary N) is 1. The smallest absolute Gasteiger partial charge is 0.321 e. The first kappa shape index (κ1) is 18.3. The van der Waals surface area contributed by atoms with Gasteiger partial charge in [0.2, 0.25) is 5.91 Å². The highest BCUT2D eigenvalue weighted by Crippen LogP contribution is 2.35. The van der Waals surface area contributed by atoms with Crippen molar-refractivity contribution in [3.05, 3.63) is 24.0 Å². The van der Waals surface area contributed by atoms with Crippen LogP contribution in [-0.4, -0.2) is 36.0 Å². The van der Waals surface area contributed by atoms with E-state index in [-0.39, 0.29) is 23.7 Å². The molecule has 0 spiro atoms. The number of hydrogen-bond donors (Lipinski definition) is 1. The van der Waals surface area contributed by atoms with Crippen LogP contribution in [0, 0.1) is 11.7 Å². The third-order valence-corrected chi connectivity index (χ3v) is 6.33. The summed E-state index contributed by atoms with van der Waals surface area (Å²) < 4.78 is 14.3. The van der Waals surface area contributed by atoms with Gasteiger partial charge in [0.25, 0.3) is 0 Å². The number of amides is 3. The van der Waals surface area contributed by atoms with E-state index in [0.29, 0.717) is 24.6 Å². The first-order valence-corrected chi connectivity index (χ1v) is 10.3. The van der Waals surface area contributed by atoms with Crippen LogP contribution in [0.4, 0.5) is 20.6 Å². The molecule has 5 nitrogen and oxygen atoms in total. The molecule has 146 valence electrons. The average Bonchev–Trinajstić information content (AvgIpc) is 3.33. The average molecular weight is 373 g/mol. The molecule has 3 aliphatic rings. The standard InChI is InChI=1S/C21H28FN3O2/c22-17-11-10-16(24-12-5-9-20(24)26)14-18(17)23-21(27)25-13-4-8-19(25)15-6-2-1-3-7-15/h10-11,14-15,19H,1-9,12-13H2,(H,23,27)/t19-/m0/s1. The van der Waals surface area contributed by atoms with Crippen molar-refractivity contribution in [3.8, 4) is 0 Å². The molecule has 1 aromatic rings. The molecule has 0 unspecified atom stereocenters. The van der Waals surface area contributed by atoms with Crippen molar-refractivity contribution in [1.82, 2.24) is 4.90 Å². The lowest BCUT2D eigenvalue weighted by atomic mass is 9.83. The largest absolute Gasteiger partial charge is 0.322 e. The molecule has 2 aliphatic heterocycles. The second-order valence-corrected chi connectivity index (χ2v) is 8.04. The number of likely N-dealkylation sites (tertiary alicyclic amines) is 1. The minimum absolute atomic E-state index is 0.0517. The molecule has 0 radical (unpaired) electrons. The van der Waals surface area contributed by atoms with Gasteiger partial charge in [0.15, 0.2) is 0 Å². The number of halogens is 1. The quantitative estimate of drug-likeness (QED) is 0.846. The van der Waals surface area contributed by atoms with Crippen LogP contribution in [0.5, 0.6) is 0 Å². The van der Waals surface area contributed by atoms with Gasteiger partial charge in [-0.1, -0.05) is 19.3 Å². The number of benzene rings is 1. The fraction of sp³-hybridized carbons (Fsp3) is 0.619. The lowest BCUT2D eigenvalue weighted by Gasteiger charge is -2.34. The van der Waals surface area contributed by atoms with Gasteiger partial charge in [0, 0.05) is 31.2 Å². The third kappa shape index (κ3) is 3.80. The second-order valence-electron chi connectivity index (χ2n) is 8.04. The highest BCUT2D eigenvalue weighted by molar-refractivity contribution is 5.97. The van der Waals surface area contributed by atoms with Crippen molar-refractivity contribution in [2.75, 3.05) is 23.3 Å². The number of carbonyl (C=O) groups is 2. The molecule has 2 heterocycles. The van der Waals surface area contributed by atoms with Crippen molar-refractivity contribution in [1.29, 1.82) is 0 Å². The van der Waals surface area contributed by atoms with E-state index in [1.54, 1.807) is 17.0 Å². The van der Waals surface area contributed by atoms with E-state index in [4.69, 9.17) is 0 Å². The van der Waals surface area contributed by atoms with E-state index in [0.717, 1.165) is 25.8 Å². The summed E-state index contributed by atoms with van der Waals surface area (Å²) in [7, 11) is 0. The monoisotopic (exact) mass is 373 g/mol. The molecular weight excluding hydrogens is 345 g/mol. The van der Waals surface area contributed by atoms with E-state index in [9.17, 15) is 14.0 Å². The first-order chi connectivity index (χ1) is 13.1. The third-order valence-electron chi connectivity index (χ3n) is 6.33. The first-order valence-electron chi connectivity index (χ1n) is 10.3. The van der Waals surface area contributed by atoms with Crippen LogP contribution in [0.15, 0.2) is 18.2 Å². The fourth-order valence-corrected chi connectivity index (χ4v) is 4.94. The van der Waals surface area contributed by atoms with Crippen molar-refractivity contribution < 1.29 is 14.0 Å². The Bertz CT molecular complexity index is 717. The summed E-state index contributed by atoms with van der Waals surface area (Å²) in [6.07, 6.45) is 9.56. The molecule has 1 aromatic carbocycles. The predicted octanol–water partition coefficient (Wildman–Crippen LogP) is 4.53. The molecular formula is C21H28FN3O2. The summed E-state index contributed by atoms with van der Waals surface area (Å²) in [6, 6.07) is 4.58. The molecule has 1 N–H and O–H groups in total. The maximum absolute atomic E-state index is 14.3. The lowest BCUT2D eigenvalue weighted by molar-refractivity contribution is -0.117. The number of rotatable bonds is 3. The Kier molecular flexibility index (Phi) is 5.32. The van der Waals surface area contributed by atoms with Gasteiger partial charge < -0.3 is 15.1 Å². The number of carbonyl (C=O) groups excluding carboxylic acids is 2. The summed E-state index contributed by atoms with van der Waals surface area (Å²) >= 11 is 0. The van der Waals surface area contributed by atoms with Crippen molar-refractivity contribution >= 4 is 23.3 Å². The highest BCUT2D eigenvalue weighted by Gasteiger charge is 2.35. The van der Waals surface area contributed by atoms with Gasteiger partial charge in [-0.3, -0.25) is 4.79 Å². The predicted molar refractivity (Wildman–Crippen MR) is 103 cm³/mol. The Morgan fingerprint density at radius 2 is 1.85 bits per heavy atom. The van der Waals surface area contributed by atoms with E-state index >= 15 is 0 Å². The van der Waals surface area contributed by atoms with E-state index < -0.39 is 5.82 Å². The minimum Gasteiger partial charge on any atom is -0.321 e. The van der Waals surface area contributed by atoms with Crippen molar-refractivity contribution in [3.63, 3.8) is 0 Å². The minimum atomic E-state index is -0.466. The van der Waals surface area contributed by atoms with Crippen LogP contribution in [0.1, 0.15) is 57.8 Å². The van der Waals surface area contributed by atoms with Crippen LogP contribution in [-0.2, 0) is 4.79 Å². The molecule has 1 atom stereocenters. The molecule has 27 heavy (non-hydrogen) atoms. The normalized spacial score (nSPS) is 23.9. The van der Waals surface area contributed by atoms with Gasteiger partial charge in [0.05, 0.1) is 5.69 Å². The highest BCUT2D eigenvalue weighted by atomic mass is 19.1.